The molecule has 3 fully saturated rings. The Morgan fingerprint density at radius 2 is 2.00 bits per heavy atom. The number of piperidine rings is 2. The van der Waals surface area contributed by atoms with Gasteiger partial charge in [0.1, 0.15) is 0 Å². The van der Waals surface area contributed by atoms with Crippen molar-refractivity contribution < 1.29 is 4.79 Å². The quantitative estimate of drug-likeness (QED) is 0.669. The van der Waals surface area contributed by atoms with E-state index in [4.69, 9.17) is 5.73 Å². The van der Waals surface area contributed by atoms with Gasteiger partial charge < -0.3 is 16.0 Å². The molecular formula is C14H25N3O. The van der Waals surface area contributed by atoms with Crippen LogP contribution in [0.1, 0.15) is 32.6 Å². The van der Waals surface area contributed by atoms with Crippen LogP contribution in [-0.4, -0.2) is 36.6 Å². The Labute approximate surface area is 109 Å². The van der Waals surface area contributed by atoms with E-state index in [-0.39, 0.29) is 12.1 Å². The highest BCUT2D eigenvalue weighted by Crippen LogP contribution is 2.46. The molecule has 4 nitrogen and oxygen atoms in total. The Bertz CT molecular complexity index is 333. The van der Waals surface area contributed by atoms with Crippen molar-refractivity contribution in [2.75, 3.05) is 19.6 Å². The fourth-order valence-electron chi connectivity index (χ4n) is 4.59. The van der Waals surface area contributed by atoms with Crippen molar-refractivity contribution >= 4 is 5.91 Å². The van der Waals surface area contributed by atoms with E-state index in [9.17, 15) is 4.79 Å². The van der Waals surface area contributed by atoms with Gasteiger partial charge in [0, 0.05) is 20.0 Å². The zero-order valence-electron chi connectivity index (χ0n) is 11.3. The summed E-state index contributed by atoms with van der Waals surface area (Å²) in [4.78, 5) is 13.5. The number of likely N-dealkylation sites (tertiary alicyclic amines) is 1. The molecule has 4 heteroatoms. The van der Waals surface area contributed by atoms with Crippen LogP contribution in [0.3, 0.4) is 0 Å². The third kappa shape index (κ3) is 2.05. The SMILES string of the molecule is CC(=O)N1CCC2C(CCC3C(N)NCCC23)C1. The van der Waals surface area contributed by atoms with Crippen molar-refractivity contribution in [1.82, 2.24) is 10.2 Å². The van der Waals surface area contributed by atoms with Crippen molar-refractivity contribution in [3.05, 3.63) is 0 Å². The van der Waals surface area contributed by atoms with E-state index >= 15 is 0 Å². The standard InChI is InChI=1S/C14H25N3O/c1-9(18)17-7-5-11-10(8-17)2-3-13-12(11)4-6-16-14(13)15/h10-14,16H,2-8,15H2,1H3. The van der Waals surface area contributed by atoms with Crippen LogP contribution in [0.4, 0.5) is 0 Å². The minimum Gasteiger partial charge on any atom is -0.343 e. The number of hydrogen-bond acceptors (Lipinski definition) is 3. The van der Waals surface area contributed by atoms with Crippen LogP contribution < -0.4 is 11.1 Å². The highest BCUT2D eigenvalue weighted by Gasteiger charge is 2.45. The van der Waals surface area contributed by atoms with Gasteiger partial charge >= 0.3 is 0 Å². The summed E-state index contributed by atoms with van der Waals surface area (Å²) in [6.07, 6.45) is 5.17. The molecule has 0 aromatic heterocycles. The molecule has 2 aliphatic heterocycles. The lowest BCUT2D eigenvalue weighted by Crippen LogP contribution is -2.58. The first-order valence-corrected chi connectivity index (χ1v) is 7.41. The summed E-state index contributed by atoms with van der Waals surface area (Å²) in [7, 11) is 0. The summed E-state index contributed by atoms with van der Waals surface area (Å²) >= 11 is 0. The Morgan fingerprint density at radius 1 is 1.17 bits per heavy atom. The molecule has 5 unspecified atom stereocenters. The van der Waals surface area contributed by atoms with E-state index in [0.29, 0.717) is 5.92 Å². The normalized spacial score (nSPS) is 44.1. The molecule has 5 atom stereocenters. The monoisotopic (exact) mass is 251 g/mol. The van der Waals surface area contributed by atoms with Gasteiger partial charge in [0.2, 0.25) is 5.91 Å². The molecule has 0 aromatic carbocycles. The first kappa shape index (κ1) is 12.4. The summed E-state index contributed by atoms with van der Waals surface area (Å²) in [6, 6.07) is 0. The van der Waals surface area contributed by atoms with Crippen LogP contribution in [0.25, 0.3) is 0 Å². The predicted molar refractivity (Wildman–Crippen MR) is 70.7 cm³/mol. The molecule has 1 saturated carbocycles. The summed E-state index contributed by atoms with van der Waals surface area (Å²) in [5.74, 6) is 3.26. The Kier molecular flexibility index (Phi) is 3.32. The molecule has 2 saturated heterocycles. The number of carbonyl (C=O) groups is 1. The van der Waals surface area contributed by atoms with Crippen molar-refractivity contribution in [2.24, 2.45) is 29.4 Å². The van der Waals surface area contributed by atoms with Crippen molar-refractivity contribution in [3.63, 3.8) is 0 Å². The lowest BCUT2D eigenvalue weighted by atomic mass is 9.61. The van der Waals surface area contributed by atoms with Gasteiger partial charge in [0.05, 0.1) is 6.17 Å². The maximum Gasteiger partial charge on any atom is 0.219 e. The predicted octanol–water partition coefficient (Wildman–Crippen LogP) is 0.775. The fourth-order valence-corrected chi connectivity index (χ4v) is 4.59. The van der Waals surface area contributed by atoms with Gasteiger partial charge in [-0.2, -0.15) is 0 Å². The Hall–Kier alpha value is -0.610. The first-order chi connectivity index (χ1) is 8.66. The molecule has 18 heavy (non-hydrogen) atoms. The van der Waals surface area contributed by atoms with Crippen LogP contribution in [0.5, 0.6) is 0 Å². The van der Waals surface area contributed by atoms with E-state index in [1.165, 1.54) is 25.7 Å². The minimum absolute atomic E-state index is 0.204. The molecule has 0 spiro atoms. The molecule has 0 radical (unpaired) electrons. The average molecular weight is 251 g/mol. The maximum atomic E-state index is 11.5. The molecule has 2 heterocycles. The number of amides is 1. The number of rotatable bonds is 0. The van der Waals surface area contributed by atoms with Crippen LogP contribution >= 0.6 is 0 Å². The Balaban J connectivity index is 1.71. The maximum absolute atomic E-state index is 11.5. The van der Waals surface area contributed by atoms with E-state index in [1.807, 2.05) is 4.90 Å². The van der Waals surface area contributed by atoms with Gasteiger partial charge in [0.25, 0.3) is 0 Å². The summed E-state index contributed by atoms with van der Waals surface area (Å²) < 4.78 is 0. The molecular weight excluding hydrogens is 226 g/mol. The molecule has 3 aliphatic rings. The lowest BCUT2D eigenvalue weighted by Gasteiger charge is -2.51. The third-order valence-electron chi connectivity index (χ3n) is 5.53. The van der Waals surface area contributed by atoms with E-state index < -0.39 is 0 Å². The number of carbonyl (C=O) groups excluding carboxylic acids is 1. The van der Waals surface area contributed by atoms with Gasteiger partial charge in [-0.1, -0.05) is 0 Å². The van der Waals surface area contributed by atoms with E-state index in [0.717, 1.165) is 37.4 Å². The van der Waals surface area contributed by atoms with Gasteiger partial charge in [-0.15, -0.1) is 0 Å². The molecule has 1 amide bonds. The number of hydrogen-bond donors (Lipinski definition) is 2. The fraction of sp³-hybridized carbons (Fsp3) is 0.929. The summed E-state index contributed by atoms with van der Waals surface area (Å²) in [5, 5.41) is 3.42. The molecule has 3 N–H and O–H groups in total. The van der Waals surface area contributed by atoms with Crippen molar-refractivity contribution in [3.8, 4) is 0 Å². The summed E-state index contributed by atoms with van der Waals surface area (Å²) in [6.45, 7) is 4.72. The van der Waals surface area contributed by atoms with Crippen molar-refractivity contribution in [2.45, 2.75) is 38.8 Å². The second kappa shape index (κ2) is 4.82. The first-order valence-electron chi connectivity index (χ1n) is 7.41. The topological polar surface area (TPSA) is 58.4 Å². The molecule has 0 bridgehead atoms. The number of nitrogens with one attached hydrogen (secondary N) is 1. The highest BCUT2D eigenvalue weighted by atomic mass is 16.2. The number of nitrogens with two attached hydrogens (primary N) is 1. The van der Waals surface area contributed by atoms with Crippen LogP contribution in [-0.2, 0) is 4.79 Å². The second-order valence-corrected chi connectivity index (χ2v) is 6.35. The van der Waals surface area contributed by atoms with E-state index in [1.54, 1.807) is 6.92 Å². The number of fused-ring (bicyclic) bond motifs is 3. The zero-order chi connectivity index (χ0) is 12.7. The van der Waals surface area contributed by atoms with Gasteiger partial charge in [-0.25, -0.2) is 0 Å². The van der Waals surface area contributed by atoms with Crippen molar-refractivity contribution in [1.29, 1.82) is 0 Å². The molecule has 1 aliphatic carbocycles. The smallest absolute Gasteiger partial charge is 0.219 e. The molecule has 3 rings (SSSR count). The van der Waals surface area contributed by atoms with Crippen LogP contribution in [0, 0.1) is 23.7 Å². The largest absolute Gasteiger partial charge is 0.343 e. The second-order valence-electron chi connectivity index (χ2n) is 6.35. The molecule has 102 valence electrons. The lowest BCUT2D eigenvalue weighted by molar-refractivity contribution is -0.133. The van der Waals surface area contributed by atoms with Gasteiger partial charge in [0.15, 0.2) is 0 Å². The van der Waals surface area contributed by atoms with Crippen LogP contribution in [0.2, 0.25) is 0 Å². The van der Waals surface area contributed by atoms with Crippen LogP contribution in [0.15, 0.2) is 0 Å². The summed E-state index contributed by atoms with van der Waals surface area (Å²) in [5.41, 5.74) is 6.21. The number of nitrogens with zero attached hydrogens (tertiary/aromatic N) is 1. The van der Waals surface area contributed by atoms with Gasteiger partial charge in [-0.05, 0) is 55.9 Å². The highest BCUT2D eigenvalue weighted by molar-refractivity contribution is 5.73. The third-order valence-corrected chi connectivity index (χ3v) is 5.53. The van der Waals surface area contributed by atoms with Gasteiger partial charge in [-0.3, -0.25) is 4.79 Å². The van der Waals surface area contributed by atoms with E-state index in [2.05, 4.69) is 5.32 Å². The zero-order valence-corrected chi connectivity index (χ0v) is 11.3. The molecule has 0 aromatic rings. The minimum atomic E-state index is 0.204. The Morgan fingerprint density at radius 3 is 2.78 bits per heavy atom. The average Bonchev–Trinajstić information content (AvgIpc) is 2.38.